The minimum Gasteiger partial charge on any atom is -0.490 e. The second kappa shape index (κ2) is 8.02. The molecule has 0 spiro atoms. The molecule has 26 heavy (non-hydrogen) atoms. The van der Waals surface area contributed by atoms with Crippen LogP contribution in [0.5, 0.6) is 5.75 Å². The fraction of sp³-hybridized carbons (Fsp3) is 0.273. The Hall–Kier alpha value is -2.17. The van der Waals surface area contributed by atoms with Gasteiger partial charge in [0.2, 0.25) is 0 Å². The molecule has 2 heterocycles. The monoisotopic (exact) mass is 367 g/mol. The second-order valence-electron chi connectivity index (χ2n) is 6.72. The summed E-state index contributed by atoms with van der Waals surface area (Å²) in [5, 5.41) is 2.10. The lowest BCUT2D eigenvalue weighted by Gasteiger charge is -2.32. The number of hydrogen-bond acceptors (Lipinski definition) is 3. The van der Waals surface area contributed by atoms with Crippen LogP contribution in [0.2, 0.25) is 0 Å². The van der Waals surface area contributed by atoms with Crippen LogP contribution in [0.25, 0.3) is 10.4 Å². The van der Waals surface area contributed by atoms with Crippen molar-refractivity contribution in [2.75, 3.05) is 13.1 Å². The van der Waals surface area contributed by atoms with E-state index in [9.17, 15) is 4.39 Å². The van der Waals surface area contributed by atoms with E-state index in [0.29, 0.717) is 0 Å². The molecule has 0 aliphatic carbocycles. The molecule has 0 saturated carbocycles. The molecule has 3 aromatic rings. The van der Waals surface area contributed by atoms with Gasteiger partial charge < -0.3 is 4.74 Å². The molecule has 1 aromatic heterocycles. The minimum atomic E-state index is -0.175. The summed E-state index contributed by atoms with van der Waals surface area (Å²) < 4.78 is 19.2. The summed E-state index contributed by atoms with van der Waals surface area (Å²) in [6.45, 7) is 2.89. The maximum atomic E-state index is 13.0. The predicted octanol–water partition coefficient (Wildman–Crippen LogP) is 5.60. The lowest BCUT2D eigenvalue weighted by atomic mass is 10.1. The van der Waals surface area contributed by atoms with E-state index in [1.807, 2.05) is 18.2 Å². The van der Waals surface area contributed by atoms with Gasteiger partial charge in [-0.25, -0.2) is 4.39 Å². The van der Waals surface area contributed by atoms with E-state index < -0.39 is 0 Å². The van der Waals surface area contributed by atoms with Gasteiger partial charge in [0.1, 0.15) is 17.7 Å². The topological polar surface area (TPSA) is 12.5 Å². The lowest BCUT2D eigenvalue weighted by Crippen LogP contribution is -2.37. The molecule has 0 unspecified atom stereocenters. The Bertz CT molecular complexity index is 824. The molecular weight excluding hydrogens is 345 g/mol. The largest absolute Gasteiger partial charge is 0.490 e. The summed E-state index contributed by atoms with van der Waals surface area (Å²) in [4.78, 5) is 3.68. The highest BCUT2D eigenvalue weighted by atomic mass is 32.1. The number of ether oxygens (including phenoxy) is 1. The van der Waals surface area contributed by atoms with Crippen LogP contribution < -0.4 is 4.74 Å². The zero-order valence-electron chi connectivity index (χ0n) is 14.6. The van der Waals surface area contributed by atoms with Gasteiger partial charge >= 0.3 is 0 Å². The first-order chi connectivity index (χ1) is 12.8. The Morgan fingerprint density at radius 3 is 2.54 bits per heavy atom. The van der Waals surface area contributed by atoms with Gasteiger partial charge in [-0.15, -0.1) is 11.3 Å². The standard InChI is InChI=1S/C22H22FNOS/c23-19-8-6-17(7-9-19)16-24-12-10-20(11-13-24)25-21-4-1-3-18(15-21)22-5-2-14-26-22/h1-9,14-15,20H,10-13,16H2. The van der Waals surface area contributed by atoms with Gasteiger partial charge in [0, 0.05) is 24.5 Å². The summed E-state index contributed by atoms with van der Waals surface area (Å²) in [5.41, 5.74) is 2.38. The summed E-state index contributed by atoms with van der Waals surface area (Å²) in [6.07, 6.45) is 2.30. The van der Waals surface area contributed by atoms with E-state index >= 15 is 0 Å². The van der Waals surface area contributed by atoms with E-state index in [1.54, 1.807) is 11.3 Å². The van der Waals surface area contributed by atoms with E-state index in [0.717, 1.165) is 43.8 Å². The smallest absolute Gasteiger partial charge is 0.123 e. The van der Waals surface area contributed by atoms with Gasteiger partial charge in [0.25, 0.3) is 0 Å². The number of thiophene rings is 1. The molecule has 0 radical (unpaired) electrons. The molecule has 1 aliphatic rings. The van der Waals surface area contributed by atoms with Crippen LogP contribution >= 0.6 is 11.3 Å². The average Bonchev–Trinajstić information content (AvgIpc) is 3.20. The Balaban J connectivity index is 1.31. The van der Waals surface area contributed by atoms with Crippen LogP contribution in [-0.2, 0) is 6.54 Å². The lowest BCUT2D eigenvalue weighted by molar-refractivity contribution is 0.0968. The summed E-state index contributed by atoms with van der Waals surface area (Å²) >= 11 is 1.75. The van der Waals surface area contributed by atoms with Crippen molar-refractivity contribution in [2.24, 2.45) is 0 Å². The highest BCUT2D eigenvalue weighted by Crippen LogP contribution is 2.29. The highest BCUT2D eigenvalue weighted by molar-refractivity contribution is 7.13. The van der Waals surface area contributed by atoms with Crippen molar-refractivity contribution >= 4 is 11.3 Å². The van der Waals surface area contributed by atoms with E-state index in [2.05, 4.69) is 40.6 Å². The number of likely N-dealkylation sites (tertiary alicyclic amines) is 1. The van der Waals surface area contributed by atoms with Crippen LogP contribution in [0.3, 0.4) is 0 Å². The number of halogens is 1. The molecular formula is C22H22FNOS. The van der Waals surface area contributed by atoms with Crippen molar-refractivity contribution in [1.82, 2.24) is 4.90 Å². The summed E-state index contributed by atoms with van der Waals surface area (Å²) in [5.74, 6) is 0.776. The van der Waals surface area contributed by atoms with Crippen LogP contribution in [0, 0.1) is 5.82 Å². The number of hydrogen-bond donors (Lipinski definition) is 0. The Labute approximate surface area is 157 Å². The quantitative estimate of drug-likeness (QED) is 0.582. The molecule has 2 nitrogen and oxygen atoms in total. The first-order valence-corrected chi connectivity index (χ1v) is 9.92. The van der Waals surface area contributed by atoms with E-state index in [-0.39, 0.29) is 11.9 Å². The molecule has 1 aliphatic heterocycles. The van der Waals surface area contributed by atoms with Gasteiger partial charge in [-0.3, -0.25) is 4.90 Å². The number of nitrogens with zero attached hydrogens (tertiary/aromatic N) is 1. The van der Waals surface area contributed by atoms with Gasteiger partial charge in [-0.1, -0.05) is 30.3 Å². The Morgan fingerprint density at radius 1 is 1.00 bits per heavy atom. The normalized spacial score (nSPS) is 15.9. The first kappa shape index (κ1) is 17.3. The van der Waals surface area contributed by atoms with Gasteiger partial charge in [0.15, 0.2) is 0 Å². The predicted molar refractivity (Wildman–Crippen MR) is 105 cm³/mol. The third kappa shape index (κ3) is 4.32. The van der Waals surface area contributed by atoms with E-state index in [4.69, 9.17) is 4.74 Å². The SMILES string of the molecule is Fc1ccc(CN2CCC(Oc3cccc(-c4cccs4)c3)CC2)cc1. The summed E-state index contributed by atoms with van der Waals surface area (Å²) in [6, 6.07) is 19.4. The van der Waals surface area contributed by atoms with Crippen molar-refractivity contribution < 1.29 is 9.13 Å². The third-order valence-corrected chi connectivity index (χ3v) is 5.72. The molecule has 4 heteroatoms. The Kier molecular flexibility index (Phi) is 5.32. The molecule has 0 atom stereocenters. The van der Waals surface area contributed by atoms with E-state index in [1.165, 1.54) is 22.6 Å². The molecule has 2 aromatic carbocycles. The van der Waals surface area contributed by atoms with Crippen molar-refractivity contribution in [2.45, 2.75) is 25.5 Å². The van der Waals surface area contributed by atoms with Crippen molar-refractivity contribution in [3.63, 3.8) is 0 Å². The van der Waals surface area contributed by atoms with Gasteiger partial charge in [-0.05, 0) is 59.7 Å². The summed E-state index contributed by atoms with van der Waals surface area (Å²) in [7, 11) is 0. The molecule has 0 amide bonds. The van der Waals surface area contributed by atoms with Crippen molar-refractivity contribution in [3.05, 3.63) is 77.4 Å². The zero-order chi connectivity index (χ0) is 17.8. The van der Waals surface area contributed by atoms with Crippen LogP contribution in [0.4, 0.5) is 4.39 Å². The molecule has 0 N–H and O–H groups in total. The molecule has 1 fully saturated rings. The maximum Gasteiger partial charge on any atom is 0.123 e. The number of rotatable bonds is 5. The van der Waals surface area contributed by atoms with Crippen LogP contribution in [0.1, 0.15) is 18.4 Å². The number of benzene rings is 2. The van der Waals surface area contributed by atoms with Crippen molar-refractivity contribution in [3.8, 4) is 16.2 Å². The molecule has 0 bridgehead atoms. The van der Waals surface area contributed by atoms with Gasteiger partial charge in [-0.2, -0.15) is 0 Å². The third-order valence-electron chi connectivity index (χ3n) is 4.80. The fourth-order valence-electron chi connectivity index (χ4n) is 3.39. The molecule has 4 rings (SSSR count). The zero-order valence-corrected chi connectivity index (χ0v) is 15.4. The number of piperidine rings is 1. The minimum absolute atomic E-state index is 0.175. The Morgan fingerprint density at radius 2 is 1.81 bits per heavy atom. The van der Waals surface area contributed by atoms with Gasteiger partial charge in [0.05, 0.1) is 0 Å². The maximum absolute atomic E-state index is 13.0. The first-order valence-electron chi connectivity index (χ1n) is 9.04. The highest BCUT2D eigenvalue weighted by Gasteiger charge is 2.20. The average molecular weight is 367 g/mol. The molecule has 1 saturated heterocycles. The fourth-order valence-corrected chi connectivity index (χ4v) is 4.12. The van der Waals surface area contributed by atoms with Crippen LogP contribution in [-0.4, -0.2) is 24.1 Å². The second-order valence-corrected chi connectivity index (χ2v) is 7.67. The van der Waals surface area contributed by atoms with Crippen LogP contribution in [0.15, 0.2) is 66.0 Å². The van der Waals surface area contributed by atoms with Crippen molar-refractivity contribution in [1.29, 1.82) is 0 Å². The molecule has 134 valence electrons.